The summed E-state index contributed by atoms with van der Waals surface area (Å²) >= 11 is 0. The Morgan fingerprint density at radius 3 is 2.53 bits per heavy atom. The van der Waals surface area contributed by atoms with Crippen LogP contribution in [-0.2, 0) is 18.2 Å². The number of hydrogen-bond donors (Lipinski definition) is 1. The highest BCUT2D eigenvalue weighted by Crippen LogP contribution is 2.34. The second kappa shape index (κ2) is 6.48. The molecule has 1 aromatic heterocycles. The van der Waals surface area contributed by atoms with Gasteiger partial charge in [-0.25, -0.2) is 4.98 Å². The Morgan fingerprint density at radius 1 is 1.37 bits per heavy atom. The molecule has 1 saturated carbocycles. The summed E-state index contributed by atoms with van der Waals surface area (Å²) in [4.78, 5) is 4.34. The number of aromatic nitrogens is 3. The minimum absolute atomic E-state index is 0.0583. The van der Waals surface area contributed by atoms with Crippen molar-refractivity contribution in [2.24, 2.45) is 7.05 Å². The molecule has 0 radical (unpaired) electrons. The Kier molecular flexibility index (Phi) is 4.93. The highest BCUT2D eigenvalue weighted by molar-refractivity contribution is 5.00. The highest BCUT2D eigenvalue weighted by Gasteiger charge is 2.39. The predicted octanol–water partition coefficient (Wildman–Crippen LogP) is 1.68. The third-order valence-electron chi connectivity index (χ3n) is 4.53. The largest absolute Gasteiger partial charge is 0.377 e. The number of rotatable bonds is 5. The van der Waals surface area contributed by atoms with E-state index in [1.165, 1.54) is 25.7 Å². The fourth-order valence-corrected chi connectivity index (χ4v) is 3.26. The van der Waals surface area contributed by atoms with Crippen molar-refractivity contribution in [3.63, 3.8) is 0 Å². The minimum Gasteiger partial charge on any atom is -0.377 e. The zero-order valence-electron chi connectivity index (χ0n) is 12.4. The number of nitrogens with one attached hydrogen (secondary N) is 1. The fraction of sp³-hybridized carbons (Fsp3) is 0.857. The molecule has 0 bridgehead atoms. The molecule has 1 fully saturated rings. The standard InChI is InChI=1S/C14H26N4O/c1-15-12(10-13-16-11-17-18(13)2)14(19-3)8-6-4-5-7-9-14/h11-12,15H,4-10H2,1-3H3. The van der Waals surface area contributed by atoms with E-state index in [9.17, 15) is 0 Å². The highest BCUT2D eigenvalue weighted by atomic mass is 16.5. The summed E-state index contributed by atoms with van der Waals surface area (Å²) in [7, 11) is 5.82. The SMILES string of the molecule is CNC(Cc1ncnn1C)C1(OC)CCCCCC1. The Hall–Kier alpha value is -0.940. The first-order valence-corrected chi connectivity index (χ1v) is 7.27. The van der Waals surface area contributed by atoms with E-state index in [0.717, 1.165) is 25.1 Å². The van der Waals surface area contributed by atoms with E-state index in [2.05, 4.69) is 15.4 Å². The molecule has 5 heteroatoms. The summed E-state index contributed by atoms with van der Waals surface area (Å²) in [5.41, 5.74) is -0.0583. The van der Waals surface area contributed by atoms with Gasteiger partial charge in [0.1, 0.15) is 12.2 Å². The third-order valence-corrected chi connectivity index (χ3v) is 4.53. The minimum atomic E-state index is -0.0583. The fourth-order valence-electron chi connectivity index (χ4n) is 3.26. The van der Waals surface area contributed by atoms with Crippen molar-refractivity contribution < 1.29 is 4.74 Å². The average molecular weight is 266 g/mol. The molecule has 0 saturated heterocycles. The van der Waals surface area contributed by atoms with E-state index in [-0.39, 0.29) is 5.60 Å². The van der Waals surface area contributed by atoms with Crippen LogP contribution in [0.25, 0.3) is 0 Å². The van der Waals surface area contributed by atoms with Crippen LogP contribution in [0.15, 0.2) is 6.33 Å². The van der Waals surface area contributed by atoms with Gasteiger partial charge >= 0.3 is 0 Å². The maximum atomic E-state index is 5.98. The summed E-state index contributed by atoms with van der Waals surface area (Å²) in [6.07, 6.45) is 9.90. The van der Waals surface area contributed by atoms with Crippen LogP contribution < -0.4 is 5.32 Å². The van der Waals surface area contributed by atoms with Gasteiger partial charge in [0.25, 0.3) is 0 Å². The van der Waals surface area contributed by atoms with Gasteiger partial charge in [-0.3, -0.25) is 4.68 Å². The normalized spacial score (nSPS) is 21.0. The lowest BCUT2D eigenvalue weighted by Gasteiger charge is -2.39. The van der Waals surface area contributed by atoms with Gasteiger partial charge in [0.2, 0.25) is 0 Å². The molecule has 2 rings (SSSR count). The lowest BCUT2D eigenvalue weighted by atomic mass is 9.84. The number of likely N-dealkylation sites (N-methyl/N-ethyl adjacent to an activating group) is 1. The first-order chi connectivity index (χ1) is 9.22. The summed E-state index contributed by atoms with van der Waals surface area (Å²) in [5, 5.41) is 7.60. The van der Waals surface area contributed by atoms with Crippen LogP contribution in [0, 0.1) is 0 Å². The second-order valence-electron chi connectivity index (χ2n) is 5.53. The van der Waals surface area contributed by atoms with E-state index in [4.69, 9.17) is 4.74 Å². The molecule has 0 spiro atoms. The summed E-state index contributed by atoms with van der Waals surface area (Å²) < 4.78 is 7.83. The molecule has 0 aliphatic heterocycles. The molecule has 5 nitrogen and oxygen atoms in total. The van der Waals surface area contributed by atoms with Crippen LogP contribution in [0.5, 0.6) is 0 Å². The zero-order valence-corrected chi connectivity index (χ0v) is 12.4. The first kappa shape index (κ1) is 14.5. The third kappa shape index (κ3) is 3.15. The number of methoxy groups -OCH3 is 1. The van der Waals surface area contributed by atoms with Crippen LogP contribution in [0.2, 0.25) is 0 Å². The number of aryl methyl sites for hydroxylation is 1. The van der Waals surface area contributed by atoms with Crippen LogP contribution in [0.1, 0.15) is 44.3 Å². The molecule has 1 atom stereocenters. The Morgan fingerprint density at radius 2 is 2.05 bits per heavy atom. The van der Waals surface area contributed by atoms with Gasteiger partial charge in [-0.2, -0.15) is 5.10 Å². The average Bonchev–Trinajstić information content (AvgIpc) is 2.68. The summed E-state index contributed by atoms with van der Waals surface area (Å²) in [6, 6.07) is 0.290. The van der Waals surface area contributed by atoms with Crippen LogP contribution in [0.3, 0.4) is 0 Å². The van der Waals surface area contributed by atoms with Crippen molar-refractivity contribution in [3.05, 3.63) is 12.2 Å². The van der Waals surface area contributed by atoms with Crippen LogP contribution in [-0.4, -0.2) is 40.6 Å². The maximum Gasteiger partial charge on any atom is 0.138 e. The lowest BCUT2D eigenvalue weighted by Crippen LogP contribution is -2.52. The molecule has 1 aliphatic rings. The van der Waals surface area contributed by atoms with E-state index in [1.54, 1.807) is 6.33 Å². The van der Waals surface area contributed by atoms with Crippen molar-refractivity contribution in [2.75, 3.05) is 14.2 Å². The van der Waals surface area contributed by atoms with Gasteiger partial charge in [-0.15, -0.1) is 0 Å². The quantitative estimate of drug-likeness (QED) is 0.824. The molecule has 1 aromatic rings. The van der Waals surface area contributed by atoms with Gasteiger partial charge in [-0.05, 0) is 19.9 Å². The van der Waals surface area contributed by atoms with Gasteiger partial charge < -0.3 is 10.1 Å². The molecule has 1 N–H and O–H groups in total. The molecule has 1 aliphatic carbocycles. The van der Waals surface area contributed by atoms with E-state index in [1.807, 2.05) is 25.9 Å². The number of nitrogens with zero attached hydrogens (tertiary/aromatic N) is 3. The van der Waals surface area contributed by atoms with E-state index < -0.39 is 0 Å². The molecule has 108 valence electrons. The monoisotopic (exact) mass is 266 g/mol. The van der Waals surface area contributed by atoms with Gasteiger partial charge in [0.15, 0.2) is 0 Å². The van der Waals surface area contributed by atoms with Crippen molar-refractivity contribution in [3.8, 4) is 0 Å². The Balaban J connectivity index is 2.15. The molecule has 0 aromatic carbocycles. The number of hydrogen-bond acceptors (Lipinski definition) is 4. The molecular weight excluding hydrogens is 240 g/mol. The Bertz CT molecular complexity index is 383. The lowest BCUT2D eigenvalue weighted by molar-refractivity contribution is -0.0514. The first-order valence-electron chi connectivity index (χ1n) is 7.27. The topological polar surface area (TPSA) is 52.0 Å². The van der Waals surface area contributed by atoms with Crippen molar-refractivity contribution in [1.82, 2.24) is 20.1 Å². The van der Waals surface area contributed by atoms with Gasteiger partial charge in [0, 0.05) is 26.6 Å². The van der Waals surface area contributed by atoms with E-state index >= 15 is 0 Å². The smallest absolute Gasteiger partial charge is 0.138 e. The maximum absolute atomic E-state index is 5.98. The summed E-state index contributed by atoms with van der Waals surface area (Å²) in [5.74, 6) is 1.01. The van der Waals surface area contributed by atoms with Crippen molar-refractivity contribution in [1.29, 1.82) is 0 Å². The molecule has 0 amide bonds. The molecular formula is C14H26N4O. The van der Waals surface area contributed by atoms with Gasteiger partial charge in [-0.1, -0.05) is 25.7 Å². The number of ether oxygens (including phenoxy) is 1. The van der Waals surface area contributed by atoms with Crippen molar-refractivity contribution in [2.45, 2.75) is 56.6 Å². The Labute approximate surface area is 115 Å². The van der Waals surface area contributed by atoms with Crippen molar-refractivity contribution >= 4 is 0 Å². The zero-order chi connectivity index (χ0) is 13.7. The van der Waals surface area contributed by atoms with E-state index in [0.29, 0.717) is 6.04 Å². The second-order valence-corrected chi connectivity index (χ2v) is 5.53. The van der Waals surface area contributed by atoms with Crippen LogP contribution >= 0.6 is 0 Å². The predicted molar refractivity (Wildman–Crippen MR) is 75.0 cm³/mol. The van der Waals surface area contributed by atoms with Gasteiger partial charge in [0.05, 0.1) is 5.60 Å². The molecule has 19 heavy (non-hydrogen) atoms. The summed E-state index contributed by atoms with van der Waals surface area (Å²) in [6.45, 7) is 0. The van der Waals surface area contributed by atoms with Crippen LogP contribution in [0.4, 0.5) is 0 Å². The molecule has 1 unspecified atom stereocenters. The molecule has 1 heterocycles.